The Morgan fingerprint density at radius 1 is 1.47 bits per heavy atom. The van der Waals surface area contributed by atoms with E-state index >= 15 is 0 Å². The second-order valence-corrected chi connectivity index (χ2v) is 6.38. The maximum atomic E-state index is 5.63. The summed E-state index contributed by atoms with van der Waals surface area (Å²) in [7, 11) is 0. The molecule has 3 nitrogen and oxygen atoms in total. The number of rotatable bonds is 6. The largest absolute Gasteiger partial charge is 0.468 e. The number of nitrogens with one attached hydrogen (secondary N) is 1. The summed E-state index contributed by atoms with van der Waals surface area (Å²) in [6, 6.07) is 2.13. The Bertz CT molecular complexity index is 373. The quantitative estimate of drug-likeness (QED) is 0.855. The molecule has 1 aliphatic rings. The van der Waals surface area contributed by atoms with Crippen LogP contribution in [0.15, 0.2) is 16.7 Å². The van der Waals surface area contributed by atoms with Gasteiger partial charge < -0.3 is 9.73 Å². The van der Waals surface area contributed by atoms with Gasteiger partial charge >= 0.3 is 0 Å². The molecular weight excluding hydrogens is 236 g/mol. The van der Waals surface area contributed by atoms with Gasteiger partial charge in [-0.25, -0.2) is 0 Å². The fraction of sp³-hybridized carbons (Fsp3) is 0.750. The molecule has 1 aromatic rings. The third-order valence-electron chi connectivity index (χ3n) is 3.81. The Balaban J connectivity index is 1.84. The van der Waals surface area contributed by atoms with E-state index in [1.54, 1.807) is 0 Å². The second kappa shape index (κ2) is 7.11. The van der Waals surface area contributed by atoms with Gasteiger partial charge in [0.05, 0.1) is 12.8 Å². The van der Waals surface area contributed by atoms with E-state index in [1.807, 2.05) is 6.26 Å². The summed E-state index contributed by atoms with van der Waals surface area (Å²) in [5, 5.41) is 3.46. The van der Waals surface area contributed by atoms with Crippen LogP contribution >= 0.6 is 0 Å². The molecule has 0 saturated carbocycles. The molecule has 0 radical (unpaired) electrons. The Hall–Kier alpha value is -0.800. The molecule has 0 bridgehead atoms. The number of piperidine rings is 1. The van der Waals surface area contributed by atoms with Crippen molar-refractivity contribution in [2.75, 3.05) is 19.6 Å². The van der Waals surface area contributed by atoms with Gasteiger partial charge in [0.1, 0.15) is 5.76 Å². The van der Waals surface area contributed by atoms with Gasteiger partial charge in [0.15, 0.2) is 0 Å². The summed E-state index contributed by atoms with van der Waals surface area (Å²) in [6.07, 6.45) is 4.54. The number of furan rings is 1. The van der Waals surface area contributed by atoms with Gasteiger partial charge in [-0.1, -0.05) is 20.8 Å². The van der Waals surface area contributed by atoms with Crippen LogP contribution in [0, 0.1) is 11.8 Å². The lowest BCUT2D eigenvalue weighted by atomic mass is 10.00. The molecule has 1 N–H and O–H groups in total. The van der Waals surface area contributed by atoms with E-state index in [2.05, 4.69) is 37.1 Å². The molecule has 3 heteroatoms. The molecule has 2 heterocycles. The van der Waals surface area contributed by atoms with E-state index in [0.29, 0.717) is 5.92 Å². The minimum Gasteiger partial charge on any atom is -0.468 e. The normalized spacial score (nSPS) is 21.2. The summed E-state index contributed by atoms with van der Waals surface area (Å²) in [5.74, 6) is 2.63. The molecule has 0 amide bonds. The summed E-state index contributed by atoms with van der Waals surface area (Å²) in [6.45, 7) is 12.2. The molecule has 1 unspecified atom stereocenters. The zero-order valence-corrected chi connectivity index (χ0v) is 12.6. The van der Waals surface area contributed by atoms with E-state index in [4.69, 9.17) is 4.42 Å². The van der Waals surface area contributed by atoms with Crippen molar-refractivity contribution < 1.29 is 4.42 Å². The van der Waals surface area contributed by atoms with E-state index in [1.165, 1.54) is 31.5 Å². The predicted octanol–water partition coefficient (Wildman–Crippen LogP) is 3.26. The van der Waals surface area contributed by atoms with Crippen molar-refractivity contribution in [3.63, 3.8) is 0 Å². The van der Waals surface area contributed by atoms with Crippen LogP contribution in [0.3, 0.4) is 0 Å². The second-order valence-electron chi connectivity index (χ2n) is 6.38. The van der Waals surface area contributed by atoms with Crippen LogP contribution in [-0.4, -0.2) is 24.5 Å². The molecule has 1 atom stereocenters. The van der Waals surface area contributed by atoms with Crippen LogP contribution in [0.1, 0.15) is 44.9 Å². The SMILES string of the molecule is CC(C)CNCc1occc1CN1CCCC(C)C1. The Morgan fingerprint density at radius 3 is 3.05 bits per heavy atom. The minimum absolute atomic E-state index is 0.682. The number of hydrogen-bond donors (Lipinski definition) is 1. The summed E-state index contributed by atoms with van der Waals surface area (Å²) in [5.41, 5.74) is 1.35. The van der Waals surface area contributed by atoms with E-state index in [-0.39, 0.29) is 0 Å². The smallest absolute Gasteiger partial charge is 0.122 e. The number of nitrogens with zero attached hydrogens (tertiary/aromatic N) is 1. The lowest BCUT2D eigenvalue weighted by molar-refractivity contribution is 0.175. The van der Waals surface area contributed by atoms with Crippen LogP contribution in [0.25, 0.3) is 0 Å². The van der Waals surface area contributed by atoms with Gasteiger partial charge in [0.2, 0.25) is 0 Å². The Labute approximate surface area is 117 Å². The number of likely N-dealkylation sites (tertiary alicyclic amines) is 1. The van der Waals surface area contributed by atoms with Crippen molar-refractivity contribution in [2.24, 2.45) is 11.8 Å². The van der Waals surface area contributed by atoms with Crippen LogP contribution in [-0.2, 0) is 13.1 Å². The predicted molar refractivity (Wildman–Crippen MR) is 78.9 cm³/mol. The molecule has 1 aromatic heterocycles. The van der Waals surface area contributed by atoms with Crippen molar-refractivity contribution in [1.29, 1.82) is 0 Å². The van der Waals surface area contributed by atoms with Gasteiger partial charge in [0.25, 0.3) is 0 Å². The van der Waals surface area contributed by atoms with Crippen molar-refractivity contribution in [3.05, 3.63) is 23.7 Å². The van der Waals surface area contributed by atoms with Crippen molar-refractivity contribution in [3.8, 4) is 0 Å². The van der Waals surface area contributed by atoms with Crippen molar-refractivity contribution in [1.82, 2.24) is 10.2 Å². The summed E-state index contributed by atoms with van der Waals surface area (Å²) in [4.78, 5) is 2.56. The lowest BCUT2D eigenvalue weighted by Crippen LogP contribution is -2.34. The van der Waals surface area contributed by atoms with Gasteiger partial charge in [-0.3, -0.25) is 4.90 Å². The average molecular weight is 264 g/mol. The third-order valence-corrected chi connectivity index (χ3v) is 3.81. The molecule has 1 aliphatic heterocycles. The standard InChI is InChI=1S/C16H28N2O/c1-13(2)9-17-10-16-15(6-8-19-16)12-18-7-4-5-14(3)11-18/h6,8,13-14,17H,4-5,7,9-12H2,1-3H3. The number of hydrogen-bond acceptors (Lipinski definition) is 3. The molecule has 1 fully saturated rings. The first-order valence-electron chi connectivity index (χ1n) is 7.63. The van der Waals surface area contributed by atoms with Crippen LogP contribution in [0.4, 0.5) is 0 Å². The van der Waals surface area contributed by atoms with Gasteiger partial charge in [-0.15, -0.1) is 0 Å². The molecule has 108 valence electrons. The zero-order chi connectivity index (χ0) is 13.7. The summed E-state index contributed by atoms with van der Waals surface area (Å²) >= 11 is 0. The first-order valence-corrected chi connectivity index (χ1v) is 7.63. The molecule has 2 rings (SSSR count). The highest BCUT2D eigenvalue weighted by Gasteiger charge is 2.18. The first kappa shape index (κ1) is 14.6. The van der Waals surface area contributed by atoms with Crippen LogP contribution < -0.4 is 5.32 Å². The zero-order valence-electron chi connectivity index (χ0n) is 12.6. The lowest BCUT2D eigenvalue weighted by Gasteiger charge is -2.30. The third kappa shape index (κ3) is 4.66. The molecule has 1 saturated heterocycles. The fourth-order valence-corrected chi connectivity index (χ4v) is 2.81. The van der Waals surface area contributed by atoms with Gasteiger partial charge in [-0.05, 0) is 43.8 Å². The molecule has 19 heavy (non-hydrogen) atoms. The topological polar surface area (TPSA) is 28.4 Å². The average Bonchev–Trinajstić information content (AvgIpc) is 2.76. The minimum atomic E-state index is 0.682. The highest BCUT2D eigenvalue weighted by molar-refractivity contribution is 5.17. The van der Waals surface area contributed by atoms with Crippen molar-refractivity contribution >= 4 is 0 Å². The molecule has 0 aromatic carbocycles. The highest BCUT2D eigenvalue weighted by atomic mass is 16.3. The van der Waals surface area contributed by atoms with E-state index in [0.717, 1.165) is 31.3 Å². The Morgan fingerprint density at radius 2 is 2.32 bits per heavy atom. The highest BCUT2D eigenvalue weighted by Crippen LogP contribution is 2.20. The van der Waals surface area contributed by atoms with Crippen LogP contribution in [0.2, 0.25) is 0 Å². The van der Waals surface area contributed by atoms with Crippen molar-refractivity contribution in [2.45, 2.75) is 46.7 Å². The van der Waals surface area contributed by atoms with Gasteiger partial charge in [0, 0.05) is 18.7 Å². The van der Waals surface area contributed by atoms with E-state index in [9.17, 15) is 0 Å². The maximum absolute atomic E-state index is 5.63. The van der Waals surface area contributed by atoms with E-state index < -0.39 is 0 Å². The molecule has 0 aliphatic carbocycles. The van der Waals surface area contributed by atoms with Crippen LogP contribution in [0.5, 0.6) is 0 Å². The first-order chi connectivity index (χ1) is 9.15. The summed E-state index contributed by atoms with van der Waals surface area (Å²) < 4.78 is 5.63. The maximum Gasteiger partial charge on any atom is 0.122 e. The van der Waals surface area contributed by atoms with Gasteiger partial charge in [-0.2, -0.15) is 0 Å². The monoisotopic (exact) mass is 264 g/mol. The Kier molecular flexibility index (Phi) is 5.46. The molecular formula is C16H28N2O. The molecule has 0 spiro atoms. The fourth-order valence-electron chi connectivity index (χ4n) is 2.81.